The van der Waals surface area contributed by atoms with E-state index in [4.69, 9.17) is 23.7 Å². The van der Waals surface area contributed by atoms with Crippen molar-refractivity contribution in [3.63, 3.8) is 0 Å². The Morgan fingerprint density at radius 2 is 1.59 bits per heavy atom. The summed E-state index contributed by atoms with van der Waals surface area (Å²) in [6.07, 6.45) is 1.75. The molecular formula is C44H69NO13. The zero-order valence-electron chi connectivity index (χ0n) is 35.7. The predicted molar refractivity (Wildman–Crippen MR) is 214 cm³/mol. The van der Waals surface area contributed by atoms with E-state index >= 15 is 0 Å². The lowest BCUT2D eigenvalue weighted by atomic mass is 9.81. The molecule has 0 aromatic carbocycles. The first-order valence-electron chi connectivity index (χ1n) is 21.0. The average Bonchev–Trinajstić information content (AvgIpc) is 3.21. The number of rotatable bonds is 7. The Balaban J connectivity index is 1.80. The monoisotopic (exact) mass is 819 g/mol. The summed E-state index contributed by atoms with van der Waals surface area (Å²) in [4.78, 5) is 57.8. The van der Waals surface area contributed by atoms with Gasteiger partial charge in [0.25, 0.3) is 11.7 Å². The lowest BCUT2D eigenvalue weighted by Gasteiger charge is -2.47. The van der Waals surface area contributed by atoms with Gasteiger partial charge >= 0.3 is 5.97 Å². The van der Waals surface area contributed by atoms with Crippen molar-refractivity contribution in [2.45, 2.75) is 159 Å². The van der Waals surface area contributed by atoms with Gasteiger partial charge in [-0.25, -0.2) is 4.79 Å². The minimum absolute atomic E-state index is 0.0371. The van der Waals surface area contributed by atoms with Gasteiger partial charge in [-0.1, -0.05) is 39.0 Å². The molecular weight excluding hydrogens is 750 g/mol. The van der Waals surface area contributed by atoms with Gasteiger partial charge in [0.05, 0.1) is 36.6 Å². The van der Waals surface area contributed by atoms with E-state index in [2.05, 4.69) is 6.58 Å². The number of allylic oxidation sites excluding steroid dienone is 3. The Labute approximate surface area is 343 Å². The number of fused-ring (bicyclic) bond motifs is 3. The van der Waals surface area contributed by atoms with Crippen molar-refractivity contribution in [3.8, 4) is 0 Å². The summed E-state index contributed by atoms with van der Waals surface area (Å²) in [5.41, 5.74) is 1.14. The highest BCUT2D eigenvalue weighted by atomic mass is 16.7. The van der Waals surface area contributed by atoms with Gasteiger partial charge in [0, 0.05) is 52.0 Å². The molecule has 4 N–H and O–H groups in total. The molecule has 14 heteroatoms. The zero-order chi connectivity index (χ0) is 43.1. The molecule has 1 saturated carbocycles. The van der Waals surface area contributed by atoms with Crippen molar-refractivity contribution < 1.29 is 63.3 Å². The summed E-state index contributed by atoms with van der Waals surface area (Å²) in [6, 6.07) is -1.17. The summed E-state index contributed by atoms with van der Waals surface area (Å²) in [6.45, 7) is 12.5. The second-order valence-electron chi connectivity index (χ2n) is 17.3. The molecule has 0 aromatic rings. The molecule has 2 saturated heterocycles. The third-order valence-electron chi connectivity index (χ3n) is 13.2. The number of cyclic esters (lactones) is 1. The normalized spacial score (nSPS) is 41.8. The third kappa shape index (κ3) is 10.9. The van der Waals surface area contributed by atoms with Gasteiger partial charge in [0.1, 0.15) is 24.0 Å². The average molecular weight is 820 g/mol. The maximum absolute atomic E-state index is 14.3. The fraction of sp³-hybridized carbons (Fsp3) is 0.773. The van der Waals surface area contributed by atoms with E-state index in [0.29, 0.717) is 43.3 Å². The number of amides is 1. The second-order valence-corrected chi connectivity index (χ2v) is 17.3. The van der Waals surface area contributed by atoms with Crippen LogP contribution >= 0.6 is 0 Å². The van der Waals surface area contributed by atoms with E-state index in [0.717, 1.165) is 4.90 Å². The summed E-state index contributed by atoms with van der Waals surface area (Å²) < 4.78 is 29.6. The van der Waals surface area contributed by atoms with Gasteiger partial charge in [-0.3, -0.25) is 14.4 Å². The molecule has 15 unspecified atom stereocenters. The van der Waals surface area contributed by atoms with Crippen LogP contribution in [-0.2, 0) is 42.9 Å². The number of hydrogen-bond acceptors (Lipinski definition) is 13. The lowest BCUT2D eigenvalue weighted by molar-refractivity contribution is -0.302. The smallest absolute Gasteiger partial charge is 0.329 e. The van der Waals surface area contributed by atoms with Crippen LogP contribution in [0.2, 0.25) is 0 Å². The molecule has 0 spiro atoms. The van der Waals surface area contributed by atoms with Crippen LogP contribution in [-0.4, -0.2) is 137 Å². The maximum atomic E-state index is 14.3. The number of carbonyl (C=O) groups excluding carboxylic acids is 4. The van der Waals surface area contributed by atoms with E-state index in [1.807, 2.05) is 13.0 Å². The van der Waals surface area contributed by atoms with E-state index in [-0.39, 0.29) is 56.5 Å². The number of esters is 1. The molecule has 4 rings (SSSR count). The summed E-state index contributed by atoms with van der Waals surface area (Å²) in [5, 5.41) is 45.7. The number of Topliss-reactive ketones (excluding diaryl/α,β-unsaturated/α-hetero) is 2. The van der Waals surface area contributed by atoms with E-state index in [9.17, 15) is 39.6 Å². The Kier molecular flexibility index (Phi) is 17.4. The van der Waals surface area contributed by atoms with E-state index in [1.165, 1.54) is 14.2 Å². The van der Waals surface area contributed by atoms with Crippen molar-refractivity contribution in [3.05, 3.63) is 36.0 Å². The van der Waals surface area contributed by atoms with Crippen LogP contribution in [0.15, 0.2) is 36.0 Å². The molecule has 3 aliphatic heterocycles. The summed E-state index contributed by atoms with van der Waals surface area (Å²) in [5.74, 6) is -8.85. The van der Waals surface area contributed by atoms with Crippen LogP contribution in [0.1, 0.15) is 98.8 Å². The number of piperidine rings is 1. The number of carbonyl (C=O) groups is 4. The minimum Gasteiger partial charge on any atom is -0.456 e. The fourth-order valence-corrected chi connectivity index (χ4v) is 9.34. The topological polar surface area (TPSA) is 199 Å². The number of nitrogens with zero attached hydrogens (tertiary/aromatic N) is 1. The standard InChI is InChI=1S/C44H69NO13/c1-10-13-30-19-24(2)38(49)25(3)20-36(55-8)40-37(56-9)21-27(5)44(53,58-40)41(50)42(51)45-17-12-11-14-31(45)43(52)57-39(28(6)33(47)23-34(30)48)26(4)18-29-15-16-32(46)35(22-29)54-7/h10,18-19,25,27-33,35-40,46-47,49,53H,1,11-17,20-23H2,2-9H3/b24-19-,26-18+. The first-order valence-corrected chi connectivity index (χ1v) is 21.0. The first kappa shape index (κ1) is 47.9. The maximum Gasteiger partial charge on any atom is 0.329 e. The van der Waals surface area contributed by atoms with Crippen molar-refractivity contribution in [2.75, 3.05) is 27.9 Å². The van der Waals surface area contributed by atoms with Crippen molar-refractivity contribution in [2.24, 2.45) is 29.6 Å². The highest BCUT2D eigenvalue weighted by Crippen LogP contribution is 2.39. The van der Waals surface area contributed by atoms with Gasteiger partial charge in [0.2, 0.25) is 5.79 Å². The van der Waals surface area contributed by atoms with Crippen LogP contribution in [0.25, 0.3) is 0 Å². The quantitative estimate of drug-likeness (QED) is 0.165. The summed E-state index contributed by atoms with van der Waals surface area (Å²) >= 11 is 0. The van der Waals surface area contributed by atoms with Gasteiger partial charge in [-0.2, -0.15) is 0 Å². The molecule has 15 atom stereocenters. The third-order valence-corrected chi connectivity index (χ3v) is 13.2. The number of aliphatic hydroxyl groups is 4. The minimum atomic E-state index is -2.58. The lowest BCUT2D eigenvalue weighted by Crippen LogP contribution is -2.64. The number of aliphatic hydroxyl groups excluding tert-OH is 3. The number of methoxy groups -OCH3 is 3. The molecule has 328 valence electrons. The van der Waals surface area contributed by atoms with Crippen LogP contribution < -0.4 is 0 Å². The summed E-state index contributed by atoms with van der Waals surface area (Å²) in [7, 11) is 4.47. The molecule has 1 amide bonds. The number of hydrogen-bond donors (Lipinski definition) is 4. The van der Waals surface area contributed by atoms with Crippen LogP contribution in [0.3, 0.4) is 0 Å². The zero-order valence-corrected chi connectivity index (χ0v) is 35.7. The SMILES string of the molecule is C=CCC1/C=C(/C)C(O)C(C)CC(OC)C2OC(O)(C(=O)C(=O)N3CCCCC3C(=O)OC(/C(C)=C/C3CCC(O)C(OC)C3)C(C)C(O)CC1=O)C(C)CC2OC. The molecule has 0 radical (unpaired) electrons. The molecule has 3 heterocycles. The molecule has 4 aliphatic rings. The largest absolute Gasteiger partial charge is 0.456 e. The molecule has 3 fully saturated rings. The molecule has 2 bridgehead atoms. The van der Waals surface area contributed by atoms with E-state index < -0.39 is 95.9 Å². The Morgan fingerprint density at radius 3 is 2.22 bits per heavy atom. The Hall–Kier alpha value is -2.82. The van der Waals surface area contributed by atoms with E-state index in [1.54, 1.807) is 47.0 Å². The van der Waals surface area contributed by atoms with Crippen LogP contribution in [0.4, 0.5) is 0 Å². The molecule has 1 aliphatic carbocycles. The molecule has 58 heavy (non-hydrogen) atoms. The molecule has 0 aromatic heterocycles. The Bertz CT molecular complexity index is 1510. The van der Waals surface area contributed by atoms with Crippen LogP contribution in [0.5, 0.6) is 0 Å². The van der Waals surface area contributed by atoms with Crippen LogP contribution in [0, 0.1) is 29.6 Å². The van der Waals surface area contributed by atoms with Gasteiger partial charge in [-0.05, 0) is 94.6 Å². The van der Waals surface area contributed by atoms with Crippen molar-refractivity contribution in [1.82, 2.24) is 4.90 Å². The van der Waals surface area contributed by atoms with Crippen molar-refractivity contribution in [1.29, 1.82) is 0 Å². The Morgan fingerprint density at radius 1 is 0.931 bits per heavy atom. The number of ketones is 2. The highest BCUT2D eigenvalue weighted by molar-refractivity contribution is 6.39. The first-order chi connectivity index (χ1) is 27.4. The predicted octanol–water partition coefficient (Wildman–Crippen LogP) is 3.61. The van der Waals surface area contributed by atoms with Crippen molar-refractivity contribution >= 4 is 23.4 Å². The van der Waals surface area contributed by atoms with Gasteiger partial charge in [0.15, 0.2) is 0 Å². The molecule has 14 nitrogen and oxygen atoms in total. The number of ether oxygens (including phenoxy) is 5. The van der Waals surface area contributed by atoms with Gasteiger partial charge < -0.3 is 49.0 Å². The second kappa shape index (κ2) is 21.1. The highest BCUT2D eigenvalue weighted by Gasteiger charge is 2.56. The van der Waals surface area contributed by atoms with Gasteiger partial charge in [-0.15, -0.1) is 6.58 Å². The fourth-order valence-electron chi connectivity index (χ4n) is 9.34.